The predicted octanol–water partition coefficient (Wildman–Crippen LogP) is 3.71. The molecular formula is C33H41ClN6O4. The van der Waals surface area contributed by atoms with E-state index in [-0.39, 0.29) is 17.6 Å². The Kier molecular flexibility index (Phi) is 8.96. The van der Waals surface area contributed by atoms with Gasteiger partial charge in [-0.15, -0.1) is 0 Å². The normalized spacial score (nSPS) is 16.4. The number of ether oxygens (including phenoxy) is 1. The Morgan fingerprint density at radius 2 is 2.02 bits per heavy atom. The van der Waals surface area contributed by atoms with Gasteiger partial charge >= 0.3 is 5.69 Å². The lowest BCUT2D eigenvalue weighted by molar-refractivity contribution is -0.129. The maximum atomic E-state index is 13.8. The van der Waals surface area contributed by atoms with Crippen LogP contribution in [-0.4, -0.2) is 74.3 Å². The zero-order valence-corrected chi connectivity index (χ0v) is 26.4. The highest BCUT2D eigenvalue weighted by atomic mass is 35.5. The highest BCUT2D eigenvalue weighted by molar-refractivity contribution is 6.31. The van der Waals surface area contributed by atoms with Crippen molar-refractivity contribution in [3.63, 3.8) is 0 Å². The van der Waals surface area contributed by atoms with E-state index in [4.69, 9.17) is 21.4 Å². The summed E-state index contributed by atoms with van der Waals surface area (Å²) in [4.78, 5) is 27.9. The van der Waals surface area contributed by atoms with Gasteiger partial charge in [-0.3, -0.25) is 18.6 Å². The molecule has 2 aromatic heterocycles. The molecule has 1 atom stereocenters. The number of nitrogens with zero attached hydrogens (tertiary/aromatic N) is 5. The molecule has 0 aliphatic carbocycles. The van der Waals surface area contributed by atoms with Crippen molar-refractivity contribution in [2.75, 3.05) is 33.4 Å². The average molecular weight is 621 g/mol. The van der Waals surface area contributed by atoms with Gasteiger partial charge in [-0.05, 0) is 62.2 Å². The lowest BCUT2D eigenvalue weighted by Crippen LogP contribution is -2.35. The summed E-state index contributed by atoms with van der Waals surface area (Å²) in [6.45, 7) is 7.58. The Hall–Kier alpha value is -3.44. The molecule has 4 heterocycles. The second-order valence-electron chi connectivity index (χ2n) is 12.0. The maximum absolute atomic E-state index is 13.8. The van der Waals surface area contributed by atoms with E-state index in [0.717, 1.165) is 70.6 Å². The molecule has 6 rings (SSSR count). The summed E-state index contributed by atoms with van der Waals surface area (Å²) < 4.78 is 11.0. The van der Waals surface area contributed by atoms with Crippen LogP contribution in [0.3, 0.4) is 0 Å². The van der Waals surface area contributed by atoms with Crippen molar-refractivity contribution in [3.8, 4) is 11.3 Å². The number of hydrogen-bond donors (Lipinski definition) is 2. The van der Waals surface area contributed by atoms with E-state index in [2.05, 4.69) is 5.32 Å². The molecule has 44 heavy (non-hydrogen) atoms. The number of aryl methyl sites for hydroxylation is 1. The smallest absolute Gasteiger partial charge is 0.329 e. The summed E-state index contributed by atoms with van der Waals surface area (Å²) in [5, 5.41) is 20.6. The molecule has 1 amide bonds. The van der Waals surface area contributed by atoms with Gasteiger partial charge in [-0.2, -0.15) is 5.10 Å². The first kappa shape index (κ1) is 30.6. The zero-order chi connectivity index (χ0) is 31.0. The van der Waals surface area contributed by atoms with E-state index >= 15 is 0 Å². The number of hydrogen-bond acceptors (Lipinski definition) is 6. The van der Waals surface area contributed by atoms with Gasteiger partial charge in [-0.25, -0.2) is 4.79 Å². The molecule has 0 bridgehead atoms. The van der Waals surface area contributed by atoms with E-state index < -0.39 is 6.10 Å². The van der Waals surface area contributed by atoms with Gasteiger partial charge in [-0.1, -0.05) is 29.8 Å². The zero-order valence-electron chi connectivity index (χ0n) is 25.7. The van der Waals surface area contributed by atoms with Crippen molar-refractivity contribution in [1.29, 1.82) is 0 Å². The number of rotatable bonds is 9. The van der Waals surface area contributed by atoms with Gasteiger partial charge in [0.2, 0.25) is 5.91 Å². The fraction of sp³-hybridized carbons (Fsp3) is 0.485. The van der Waals surface area contributed by atoms with E-state index in [1.54, 1.807) is 14.0 Å². The summed E-state index contributed by atoms with van der Waals surface area (Å²) in [5.74, 6) is 0.0331. The van der Waals surface area contributed by atoms with Crippen LogP contribution >= 0.6 is 11.6 Å². The Morgan fingerprint density at radius 3 is 2.75 bits per heavy atom. The third-order valence-corrected chi connectivity index (χ3v) is 9.53. The van der Waals surface area contributed by atoms with E-state index in [0.29, 0.717) is 50.7 Å². The first-order valence-corrected chi connectivity index (χ1v) is 15.9. The number of fused-ring (bicyclic) bond motifs is 2. The number of aliphatic hydroxyl groups is 1. The summed E-state index contributed by atoms with van der Waals surface area (Å²) in [7, 11) is 1.64. The SMILES string of the molecule is COCCn1c(=O)n(C2CCNCC2)c2cccc(CC(O)Cn3nc(-c4ccc(Cl)c(C)c4)c4c3CCN(C(C)=O)C4)c21. The van der Waals surface area contributed by atoms with Crippen LogP contribution in [0.25, 0.3) is 22.3 Å². The average Bonchev–Trinajstić information content (AvgIpc) is 3.52. The van der Waals surface area contributed by atoms with E-state index in [9.17, 15) is 14.7 Å². The van der Waals surface area contributed by atoms with Gasteiger partial charge in [0, 0.05) is 67.8 Å². The number of carbonyl (C=O) groups is 1. The topological polar surface area (TPSA) is 107 Å². The fourth-order valence-electron chi connectivity index (χ4n) is 6.84. The lowest BCUT2D eigenvalue weighted by Gasteiger charge is -2.27. The summed E-state index contributed by atoms with van der Waals surface area (Å²) in [6, 6.07) is 12.0. The molecule has 1 fully saturated rings. The molecule has 0 saturated carbocycles. The maximum Gasteiger partial charge on any atom is 0.329 e. The highest BCUT2D eigenvalue weighted by Crippen LogP contribution is 2.33. The monoisotopic (exact) mass is 620 g/mol. The van der Waals surface area contributed by atoms with Crippen LogP contribution in [0.15, 0.2) is 41.2 Å². The number of carbonyl (C=O) groups excluding carboxylic acids is 1. The minimum atomic E-state index is -0.747. The van der Waals surface area contributed by atoms with Gasteiger partial charge in [0.1, 0.15) is 0 Å². The minimum Gasteiger partial charge on any atom is -0.391 e. The van der Waals surface area contributed by atoms with Crippen LogP contribution in [0.4, 0.5) is 0 Å². The molecular weight excluding hydrogens is 580 g/mol. The lowest BCUT2D eigenvalue weighted by atomic mass is 9.99. The number of amides is 1. The van der Waals surface area contributed by atoms with Crippen molar-refractivity contribution in [2.24, 2.45) is 0 Å². The molecule has 2 aliphatic rings. The molecule has 1 unspecified atom stereocenters. The number of methoxy groups -OCH3 is 1. The van der Waals surface area contributed by atoms with E-state index in [1.807, 2.05) is 62.0 Å². The quantitative estimate of drug-likeness (QED) is 0.296. The first-order chi connectivity index (χ1) is 21.3. The number of halogens is 1. The summed E-state index contributed by atoms with van der Waals surface area (Å²) in [6.07, 6.45) is 2.08. The highest BCUT2D eigenvalue weighted by Gasteiger charge is 2.29. The molecule has 0 radical (unpaired) electrons. The fourth-order valence-corrected chi connectivity index (χ4v) is 6.96. The van der Waals surface area contributed by atoms with Crippen molar-refractivity contribution >= 4 is 28.5 Å². The Bertz CT molecular complexity index is 1730. The van der Waals surface area contributed by atoms with Gasteiger partial charge in [0.05, 0.1) is 42.5 Å². The van der Waals surface area contributed by atoms with Crippen molar-refractivity contribution < 1.29 is 14.6 Å². The molecule has 2 N–H and O–H groups in total. The third kappa shape index (κ3) is 5.83. The van der Waals surface area contributed by atoms with Gasteiger partial charge in [0.15, 0.2) is 0 Å². The number of nitrogens with one attached hydrogen (secondary N) is 1. The standard InChI is InChI=1S/C33H41ClN6O4/c1-21-17-23(7-8-28(21)34)31-27-20-37(22(2)41)14-11-29(27)39(36-31)19-26(42)18-24-5-4-6-30-32(24)38(15-16-44-3)33(43)40(30)25-9-12-35-13-10-25/h4-8,17,25-26,35,42H,9-16,18-20H2,1-3H3. The number of aromatic nitrogens is 4. The van der Waals surface area contributed by atoms with Crippen LogP contribution in [0.5, 0.6) is 0 Å². The largest absolute Gasteiger partial charge is 0.391 e. The van der Waals surface area contributed by atoms with Crippen LogP contribution in [0.2, 0.25) is 5.02 Å². The van der Waals surface area contributed by atoms with Crippen LogP contribution < -0.4 is 11.0 Å². The number of benzene rings is 2. The molecule has 234 valence electrons. The third-order valence-electron chi connectivity index (χ3n) is 9.11. The van der Waals surface area contributed by atoms with Crippen LogP contribution in [0, 0.1) is 6.92 Å². The first-order valence-electron chi connectivity index (χ1n) is 15.5. The summed E-state index contributed by atoms with van der Waals surface area (Å²) >= 11 is 6.32. The Labute approximate surface area is 262 Å². The number of aliphatic hydroxyl groups excluding tert-OH is 1. The summed E-state index contributed by atoms with van der Waals surface area (Å²) in [5.41, 5.74) is 7.42. The number of imidazole rings is 1. The van der Waals surface area contributed by atoms with E-state index in [1.165, 1.54) is 0 Å². The second kappa shape index (κ2) is 12.9. The molecule has 0 spiro atoms. The minimum absolute atomic E-state index is 0.0232. The van der Waals surface area contributed by atoms with Crippen LogP contribution in [0.1, 0.15) is 48.2 Å². The Morgan fingerprint density at radius 1 is 1.23 bits per heavy atom. The number of piperidine rings is 1. The van der Waals surface area contributed by atoms with Gasteiger partial charge in [0.25, 0.3) is 0 Å². The molecule has 4 aromatic rings. The molecule has 11 heteroatoms. The van der Waals surface area contributed by atoms with Crippen molar-refractivity contribution in [2.45, 2.75) is 71.3 Å². The predicted molar refractivity (Wildman–Crippen MR) is 171 cm³/mol. The van der Waals surface area contributed by atoms with Gasteiger partial charge < -0.3 is 20.1 Å². The second-order valence-corrected chi connectivity index (χ2v) is 12.4. The molecule has 10 nitrogen and oxygen atoms in total. The molecule has 1 saturated heterocycles. The van der Waals surface area contributed by atoms with Crippen molar-refractivity contribution in [3.05, 3.63) is 74.3 Å². The number of para-hydroxylation sites is 1. The Balaban J connectivity index is 1.34. The van der Waals surface area contributed by atoms with Crippen LogP contribution in [-0.2, 0) is 42.0 Å². The van der Waals surface area contributed by atoms with Crippen molar-refractivity contribution in [1.82, 2.24) is 29.1 Å². The molecule has 2 aliphatic heterocycles. The molecule has 2 aromatic carbocycles.